The Morgan fingerprint density at radius 3 is 2.64 bits per heavy atom. The van der Waals surface area contributed by atoms with Crippen LogP contribution in [0.2, 0.25) is 0 Å². The van der Waals surface area contributed by atoms with E-state index in [1.54, 1.807) is 0 Å². The highest BCUT2D eigenvalue weighted by Gasteiger charge is 2.60. The minimum Gasteiger partial charge on any atom is -0.299 e. The summed E-state index contributed by atoms with van der Waals surface area (Å²) >= 11 is 0. The zero-order chi connectivity index (χ0) is 15.7. The maximum Gasteiger partial charge on any atom is 0.139 e. The maximum atomic E-state index is 12.5. The van der Waals surface area contributed by atoms with Gasteiger partial charge in [0.15, 0.2) is 0 Å². The van der Waals surface area contributed by atoms with Crippen molar-refractivity contribution in [3.8, 4) is 0 Å². The van der Waals surface area contributed by atoms with Crippen LogP contribution in [0.3, 0.4) is 0 Å². The van der Waals surface area contributed by atoms with Gasteiger partial charge in [0.2, 0.25) is 0 Å². The Hall–Kier alpha value is -0.590. The Kier molecular flexibility index (Phi) is 3.20. The molecule has 7 atom stereocenters. The summed E-state index contributed by atoms with van der Waals surface area (Å²) in [6, 6.07) is 0. The van der Waals surface area contributed by atoms with Gasteiger partial charge in [-0.25, -0.2) is 0 Å². The summed E-state index contributed by atoms with van der Waals surface area (Å²) < 4.78 is 0. The summed E-state index contributed by atoms with van der Waals surface area (Å²) in [5, 5.41) is 0. The van der Waals surface area contributed by atoms with Crippen molar-refractivity contribution in [2.24, 2.45) is 40.4 Å². The molecule has 4 rings (SSSR count). The number of allylic oxidation sites excluding steroid dienone is 1. The van der Waals surface area contributed by atoms with Crippen molar-refractivity contribution >= 4 is 5.78 Å². The van der Waals surface area contributed by atoms with Gasteiger partial charge in [-0.1, -0.05) is 39.3 Å². The zero-order valence-corrected chi connectivity index (χ0v) is 14.7. The fraction of sp³-hybridized carbons (Fsp3) is 0.857. The van der Waals surface area contributed by atoms with Crippen molar-refractivity contribution in [3.63, 3.8) is 0 Å². The third-order valence-electron chi connectivity index (χ3n) is 8.60. The van der Waals surface area contributed by atoms with Gasteiger partial charge in [0.25, 0.3) is 0 Å². The molecule has 0 heterocycles. The Bertz CT molecular complexity index is 520. The van der Waals surface area contributed by atoms with Crippen LogP contribution in [0.15, 0.2) is 12.2 Å². The number of hydrogen-bond donors (Lipinski definition) is 0. The fourth-order valence-electron chi connectivity index (χ4n) is 7.11. The first kappa shape index (κ1) is 15.0. The van der Waals surface area contributed by atoms with E-state index in [1.165, 1.54) is 37.7 Å². The molecule has 4 aliphatic rings. The molecule has 0 amide bonds. The van der Waals surface area contributed by atoms with Gasteiger partial charge in [-0.05, 0) is 73.5 Å². The molecule has 0 bridgehead atoms. The van der Waals surface area contributed by atoms with E-state index in [2.05, 4.69) is 27.4 Å². The average Bonchev–Trinajstić information content (AvgIpc) is 2.77. The number of fused-ring (bicyclic) bond motifs is 5. The van der Waals surface area contributed by atoms with Gasteiger partial charge in [-0.2, -0.15) is 0 Å². The lowest BCUT2D eigenvalue weighted by Crippen LogP contribution is -2.54. The average molecular weight is 300 g/mol. The molecule has 0 N–H and O–H groups in total. The fourth-order valence-corrected chi connectivity index (χ4v) is 7.11. The topological polar surface area (TPSA) is 17.1 Å². The molecule has 4 saturated carbocycles. The first-order chi connectivity index (χ1) is 10.4. The van der Waals surface area contributed by atoms with Gasteiger partial charge in [-0.15, -0.1) is 0 Å². The zero-order valence-electron chi connectivity index (χ0n) is 14.7. The quantitative estimate of drug-likeness (QED) is 0.547. The monoisotopic (exact) mass is 300 g/mol. The number of hydrogen-bond acceptors (Lipinski definition) is 1. The Balaban J connectivity index is 1.70. The lowest BCUT2D eigenvalue weighted by atomic mass is 9.44. The largest absolute Gasteiger partial charge is 0.299 e. The van der Waals surface area contributed by atoms with Gasteiger partial charge >= 0.3 is 0 Å². The van der Waals surface area contributed by atoms with E-state index >= 15 is 0 Å². The number of carbonyl (C=O) groups excluding carboxylic acids is 1. The molecule has 22 heavy (non-hydrogen) atoms. The van der Waals surface area contributed by atoms with Crippen LogP contribution in [0.4, 0.5) is 0 Å². The second-order valence-electron chi connectivity index (χ2n) is 9.60. The molecule has 0 radical (unpaired) electrons. The third-order valence-corrected chi connectivity index (χ3v) is 8.60. The van der Waals surface area contributed by atoms with Crippen molar-refractivity contribution in [2.45, 2.75) is 72.1 Å². The number of Topliss-reactive ketones (excluding diaryl/α,β-unsaturated/α-hetero) is 1. The number of rotatable bonds is 0. The highest BCUT2D eigenvalue weighted by Crippen LogP contribution is 2.66. The van der Waals surface area contributed by atoms with Crippen molar-refractivity contribution < 1.29 is 4.79 Å². The molecule has 1 heteroatoms. The Labute approximate surface area is 135 Å². The lowest BCUT2D eigenvalue weighted by molar-refractivity contribution is -0.134. The van der Waals surface area contributed by atoms with Crippen LogP contribution >= 0.6 is 0 Å². The summed E-state index contributed by atoms with van der Waals surface area (Å²) in [5.41, 5.74) is 2.01. The molecule has 0 spiro atoms. The molecular formula is C21H32O. The van der Waals surface area contributed by atoms with Crippen LogP contribution in [0.5, 0.6) is 0 Å². The molecule has 0 unspecified atom stereocenters. The molecule has 1 nitrogen and oxygen atoms in total. The van der Waals surface area contributed by atoms with E-state index in [0.717, 1.165) is 37.0 Å². The van der Waals surface area contributed by atoms with E-state index in [0.29, 0.717) is 23.0 Å². The second-order valence-corrected chi connectivity index (χ2v) is 9.60. The van der Waals surface area contributed by atoms with E-state index < -0.39 is 0 Å². The number of ketones is 1. The van der Waals surface area contributed by atoms with Gasteiger partial charge in [0, 0.05) is 11.8 Å². The molecule has 4 fully saturated rings. The van der Waals surface area contributed by atoms with Crippen LogP contribution in [0, 0.1) is 40.4 Å². The Morgan fingerprint density at radius 1 is 1.09 bits per heavy atom. The van der Waals surface area contributed by atoms with E-state index in [9.17, 15) is 4.79 Å². The first-order valence-electron chi connectivity index (χ1n) is 9.57. The van der Waals surface area contributed by atoms with E-state index in [1.807, 2.05) is 0 Å². The summed E-state index contributed by atoms with van der Waals surface area (Å²) in [7, 11) is 0. The predicted molar refractivity (Wildman–Crippen MR) is 90.4 cm³/mol. The molecule has 0 aromatic carbocycles. The molecule has 4 aliphatic carbocycles. The highest BCUT2D eigenvalue weighted by atomic mass is 16.1. The van der Waals surface area contributed by atoms with Crippen LogP contribution in [-0.2, 0) is 4.79 Å². The van der Waals surface area contributed by atoms with Gasteiger partial charge in [0.1, 0.15) is 5.78 Å². The normalized spacial score (nSPS) is 54.6. The third kappa shape index (κ3) is 1.80. The number of carbonyl (C=O) groups is 1. The summed E-state index contributed by atoms with van der Waals surface area (Å²) in [6.45, 7) is 11.8. The van der Waals surface area contributed by atoms with Crippen molar-refractivity contribution in [3.05, 3.63) is 12.2 Å². The van der Waals surface area contributed by atoms with E-state index in [4.69, 9.17) is 0 Å². The van der Waals surface area contributed by atoms with Gasteiger partial charge in [0.05, 0.1) is 0 Å². The minimum absolute atomic E-state index is 0.0186. The molecule has 0 aromatic rings. The smallest absolute Gasteiger partial charge is 0.139 e. The summed E-state index contributed by atoms with van der Waals surface area (Å²) in [5.74, 6) is 4.34. The summed E-state index contributed by atoms with van der Waals surface area (Å²) in [6.07, 6.45) is 9.82. The minimum atomic E-state index is -0.0186. The van der Waals surface area contributed by atoms with Crippen molar-refractivity contribution in [1.82, 2.24) is 0 Å². The predicted octanol–water partition coefficient (Wildman–Crippen LogP) is 5.40. The van der Waals surface area contributed by atoms with Crippen LogP contribution in [-0.4, -0.2) is 5.78 Å². The highest BCUT2D eigenvalue weighted by molar-refractivity contribution is 5.87. The molecule has 122 valence electrons. The second kappa shape index (κ2) is 4.71. The van der Waals surface area contributed by atoms with Gasteiger partial charge in [-0.3, -0.25) is 4.79 Å². The maximum absolute atomic E-state index is 12.5. The van der Waals surface area contributed by atoms with Crippen LogP contribution in [0.25, 0.3) is 0 Å². The van der Waals surface area contributed by atoms with E-state index in [-0.39, 0.29) is 5.41 Å². The first-order valence-corrected chi connectivity index (χ1v) is 9.57. The SMILES string of the molecule is C=C1C[C@H]2C[C@@H](C)CC[C@]2(C)[C@H]2CC[C@]3(C)C(=O)CC[C@H]3[C@H]12. The lowest BCUT2D eigenvalue weighted by Gasteiger charge is -2.60. The van der Waals surface area contributed by atoms with Crippen LogP contribution < -0.4 is 0 Å². The van der Waals surface area contributed by atoms with Crippen molar-refractivity contribution in [1.29, 1.82) is 0 Å². The summed E-state index contributed by atoms with van der Waals surface area (Å²) in [4.78, 5) is 12.5. The standard InChI is InChI=1S/C21H32O/c1-13-7-9-20(3)15(11-13)12-14(2)19-16-5-6-18(22)21(16,4)10-8-17(19)20/h13,15-17,19H,2,5-12H2,1,3-4H3/t13-,15+,16-,17-,19-,20-,21-/m0/s1. The van der Waals surface area contributed by atoms with Gasteiger partial charge < -0.3 is 0 Å². The van der Waals surface area contributed by atoms with Crippen molar-refractivity contribution in [2.75, 3.05) is 0 Å². The molecular weight excluding hydrogens is 268 g/mol. The van der Waals surface area contributed by atoms with Crippen LogP contribution in [0.1, 0.15) is 72.1 Å². The molecule has 0 saturated heterocycles. The molecule has 0 aliphatic heterocycles. The molecule has 0 aromatic heterocycles. The Morgan fingerprint density at radius 2 is 1.86 bits per heavy atom.